The van der Waals surface area contributed by atoms with Crippen LogP contribution in [0.15, 0.2) is 12.4 Å². The largest absolute Gasteiger partial charge is 0.340 e. The van der Waals surface area contributed by atoms with Crippen LogP contribution in [0.1, 0.15) is 12.8 Å². The van der Waals surface area contributed by atoms with Crippen LogP contribution in [0.2, 0.25) is 5.02 Å². The minimum absolute atomic E-state index is 0.363. The monoisotopic (exact) mass is 238 g/mol. The fourth-order valence-electron chi connectivity index (χ4n) is 2.94. The van der Waals surface area contributed by atoms with E-state index in [2.05, 4.69) is 14.9 Å². The molecule has 0 bridgehead atoms. The fourth-order valence-corrected chi connectivity index (χ4v) is 3.04. The van der Waals surface area contributed by atoms with Crippen molar-refractivity contribution in [2.75, 3.05) is 18.0 Å². The molecule has 5 heteroatoms. The summed E-state index contributed by atoms with van der Waals surface area (Å²) in [6, 6.07) is 0.363. The smallest absolute Gasteiger partial charge is 0.225 e. The fraction of sp³-hybridized carbons (Fsp3) is 0.636. The Balaban J connectivity index is 1.76. The van der Waals surface area contributed by atoms with Crippen LogP contribution in [0.3, 0.4) is 0 Å². The number of fused-ring (bicyclic) bond motifs is 1. The van der Waals surface area contributed by atoms with Crippen LogP contribution >= 0.6 is 11.6 Å². The van der Waals surface area contributed by atoms with Gasteiger partial charge in [0, 0.05) is 19.1 Å². The summed E-state index contributed by atoms with van der Waals surface area (Å²) in [7, 11) is 0. The zero-order valence-corrected chi connectivity index (χ0v) is 9.77. The Labute approximate surface area is 99.8 Å². The van der Waals surface area contributed by atoms with Gasteiger partial charge >= 0.3 is 0 Å². The van der Waals surface area contributed by atoms with Crippen molar-refractivity contribution < 1.29 is 0 Å². The van der Waals surface area contributed by atoms with E-state index in [1.807, 2.05) is 0 Å². The predicted molar refractivity (Wildman–Crippen MR) is 63.4 cm³/mol. The van der Waals surface area contributed by atoms with Gasteiger partial charge in [-0.1, -0.05) is 11.6 Å². The summed E-state index contributed by atoms with van der Waals surface area (Å²) < 4.78 is 0. The first-order chi connectivity index (χ1) is 7.74. The molecule has 0 spiro atoms. The number of anilines is 1. The number of aromatic nitrogens is 2. The van der Waals surface area contributed by atoms with Gasteiger partial charge in [-0.05, 0) is 24.7 Å². The van der Waals surface area contributed by atoms with Gasteiger partial charge in [0.1, 0.15) is 0 Å². The van der Waals surface area contributed by atoms with Crippen LogP contribution in [0.5, 0.6) is 0 Å². The first-order valence-electron chi connectivity index (χ1n) is 5.72. The molecular formula is C11H15ClN4. The van der Waals surface area contributed by atoms with Crippen LogP contribution in [0.25, 0.3) is 0 Å². The van der Waals surface area contributed by atoms with E-state index in [-0.39, 0.29) is 0 Å². The first-order valence-corrected chi connectivity index (χ1v) is 6.10. The lowest BCUT2D eigenvalue weighted by Gasteiger charge is -2.18. The quantitative estimate of drug-likeness (QED) is 0.802. The maximum atomic E-state index is 6.10. The molecule has 86 valence electrons. The topological polar surface area (TPSA) is 55.0 Å². The molecule has 1 aliphatic carbocycles. The molecule has 1 saturated heterocycles. The number of hydrogen-bond acceptors (Lipinski definition) is 4. The molecule has 0 aromatic carbocycles. The molecular weight excluding hydrogens is 224 g/mol. The zero-order valence-electron chi connectivity index (χ0n) is 9.01. The second kappa shape index (κ2) is 3.86. The van der Waals surface area contributed by atoms with E-state index in [9.17, 15) is 0 Å². The SMILES string of the molecule is NC1CCC2CN(c3ncc(Cl)cn3)CC12. The molecule has 16 heavy (non-hydrogen) atoms. The lowest BCUT2D eigenvalue weighted by molar-refractivity contribution is 0.453. The van der Waals surface area contributed by atoms with Gasteiger partial charge in [-0.15, -0.1) is 0 Å². The standard InChI is InChI=1S/C11H15ClN4/c12-8-3-14-11(15-4-8)16-5-7-1-2-10(13)9(7)6-16/h3-4,7,9-10H,1-2,5-6,13H2. The lowest BCUT2D eigenvalue weighted by atomic mass is 9.98. The van der Waals surface area contributed by atoms with Crippen molar-refractivity contribution in [3.8, 4) is 0 Å². The third kappa shape index (κ3) is 1.66. The van der Waals surface area contributed by atoms with Gasteiger partial charge in [0.25, 0.3) is 0 Å². The third-order valence-electron chi connectivity index (χ3n) is 3.80. The number of halogens is 1. The van der Waals surface area contributed by atoms with E-state index in [4.69, 9.17) is 17.3 Å². The Bertz CT molecular complexity index is 380. The summed E-state index contributed by atoms with van der Waals surface area (Å²) in [6.07, 6.45) is 5.72. The summed E-state index contributed by atoms with van der Waals surface area (Å²) in [5, 5.41) is 0.583. The average molecular weight is 239 g/mol. The van der Waals surface area contributed by atoms with Crippen molar-refractivity contribution in [3.05, 3.63) is 17.4 Å². The molecule has 2 heterocycles. The minimum Gasteiger partial charge on any atom is -0.340 e. The number of nitrogens with two attached hydrogens (primary N) is 1. The maximum absolute atomic E-state index is 6.10. The van der Waals surface area contributed by atoms with Gasteiger partial charge in [-0.3, -0.25) is 0 Å². The predicted octanol–water partition coefficient (Wildman–Crippen LogP) is 1.30. The van der Waals surface area contributed by atoms with Crippen LogP contribution < -0.4 is 10.6 Å². The molecule has 1 aromatic heterocycles. The Hall–Kier alpha value is -0.870. The van der Waals surface area contributed by atoms with Crippen molar-refractivity contribution in [1.29, 1.82) is 0 Å². The Morgan fingerprint density at radius 2 is 2.00 bits per heavy atom. The molecule has 2 N–H and O–H groups in total. The molecule has 4 nitrogen and oxygen atoms in total. The average Bonchev–Trinajstić information content (AvgIpc) is 2.83. The molecule has 3 rings (SSSR count). The lowest BCUT2D eigenvalue weighted by Crippen LogP contribution is -2.30. The van der Waals surface area contributed by atoms with Crippen molar-refractivity contribution in [2.24, 2.45) is 17.6 Å². The van der Waals surface area contributed by atoms with E-state index in [1.165, 1.54) is 12.8 Å². The summed E-state index contributed by atoms with van der Waals surface area (Å²) in [4.78, 5) is 10.7. The highest BCUT2D eigenvalue weighted by molar-refractivity contribution is 6.30. The molecule has 0 radical (unpaired) electrons. The Morgan fingerprint density at radius 3 is 2.69 bits per heavy atom. The van der Waals surface area contributed by atoms with Crippen molar-refractivity contribution in [1.82, 2.24) is 9.97 Å². The Morgan fingerprint density at radius 1 is 1.25 bits per heavy atom. The van der Waals surface area contributed by atoms with Crippen molar-refractivity contribution >= 4 is 17.5 Å². The van der Waals surface area contributed by atoms with E-state index in [1.54, 1.807) is 12.4 Å². The molecule has 2 aliphatic rings. The molecule has 2 fully saturated rings. The molecule has 3 atom stereocenters. The van der Waals surface area contributed by atoms with Crippen LogP contribution in [-0.2, 0) is 0 Å². The zero-order chi connectivity index (χ0) is 11.1. The summed E-state index contributed by atoms with van der Waals surface area (Å²) in [6.45, 7) is 2.04. The second-order valence-corrected chi connectivity index (χ2v) is 5.21. The third-order valence-corrected chi connectivity index (χ3v) is 4.00. The van der Waals surface area contributed by atoms with Gasteiger partial charge in [0.05, 0.1) is 17.4 Å². The molecule has 1 aliphatic heterocycles. The number of hydrogen-bond donors (Lipinski definition) is 1. The van der Waals surface area contributed by atoms with Crippen molar-refractivity contribution in [3.63, 3.8) is 0 Å². The van der Waals surface area contributed by atoms with Gasteiger partial charge in [-0.25, -0.2) is 9.97 Å². The summed E-state index contributed by atoms with van der Waals surface area (Å²) >= 11 is 5.77. The highest BCUT2D eigenvalue weighted by Gasteiger charge is 2.41. The first kappa shape index (κ1) is 10.3. The summed E-state index contributed by atoms with van der Waals surface area (Å²) in [5.41, 5.74) is 6.10. The summed E-state index contributed by atoms with van der Waals surface area (Å²) in [5.74, 6) is 2.14. The second-order valence-electron chi connectivity index (χ2n) is 4.77. The Kier molecular flexibility index (Phi) is 2.48. The highest BCUT2D eigenvalue weighted by Crippen LogP contribution is 2.38. The highest BCUT2D eigenvalue weighted by atomic mass is 35.5. The molecule has 3 unspecified atom stereocenters. The van der Waals surface area contributed by atoms with Gasteiger partial charge < -0.3 is 10.6 Å². The van der Waals surface area contributed by atoms with Crippen molar-refractivity contribution in [2.45, 2.75) is 18.9 Å². The van der Waals surface area contributed by atoms with Gasteiger partial charge in [-0.2, -0.15) is 0 Å². The van der Waals surface area contributed by atoms with E-state index >= 15 is 0 Å². The van der Waals surface area contributed by atoms with Crippen LogP contribution in [-0.4, -0.2) is 29.1 Å². The minimum atomic E-state index is 0.363. The van der Waals surface area contributed by atoms with E-state index in [0.717, 1.165) is 25.0 Å². The molecule has 1 saturated carbocycles. The van der Waals surface area contributed by atoms with Crippen LogP contribution in [0.4, 0.5) is 5.95 Å². The molecule has 1 aromatic rings. The maximum Gasteiger partial charge on any atom is 0.225 e. The van der Waals surface area contributed by atoms with Crippen LogP contribution in [0, 0.1) is 11.8 Å². The number of rotatable bonds is 1. The van der Waals surface area contributed by atoms with E-state index in [0.29, 0.717) is 17.0 Å². The van der Waals surface area contributed by atoms with Gasteiger partial charge in [0.15, 0.2) is 0 Å². The van der Waals surface area contributed by atoms with Gasteiger partial charge in [0.2, 0.25) is 5.95 Å². The normalized spacial score (nSPS) is 33.1. The van der Waals surface area contributed by atoms with E-state index < -0.39 is 0 Å². The number of nitrogens with zero attached hydrogens (tertiary/aromatic N) is 3. The molecule has 0 amide bonds.